The highest BCUT2D eigenvalue weighted by atomic mass is 16.6. The lowest BCUT2D eigenvalue weighted by atomic mass is 10.3. The Bertz CT molecular complexity index is 550. The first-order chi connectivity index (χ1) is 12.1. The van der Waals surface area contributed by atoms with E-state index in [0.29, 0.717) is 0 Å². The zero-order chi connectivity index (χ0) is 20.1. The Morgan fingerprint density at radius 3 is 1.85 bits per heavy atom. The van der Waals surface area contributed by atoms with Crippen LogP contribution in [0.15, 0.2) is 24.3 Å². The zero-order valence-electron chi connectivity index (χ0n) is 14.9. The highest BCUT2D eigenvalue weighted by molar-refractivity contribution is 5.91. The second kappa shape index (κ2) is 12.6. The number of hydrogen-bond donors (Lipinski definition) is 1. The Morgan fingerprint density at radius 2 is 1.27 bits per heavy atom. The van der Waals surface area contributed by atoms with Gasteiger partial charge in [0, 0.05) is 17.6 Å². The number of ether oxygens (including phenoxy) is 4. The summed E-state index contributed by atoms with van der Waals surface area (Å²) >= 11 is 0. The van der Waals surface area contributed by atoms with Gasteiger partial charge in [0.15, 0.2) is 0 Å². The molecule has 0 aliphatic carbocycles. The van der Waals surface area contributed by atoms with Gasteiger partial charge in [0.25, 0.3) is 0 Å². The van der Waals surface area contributed by atoms with Gasteiger partial charge in [-0.15, -0.1) is 0 Å². The van der Waals surface area contributed by atoms with Gasteiger partial charge in [-0.2, -0.15) is 0 Å². The summed E-state index contributed by atoms with van der Waals surface area (Å²) < 4.78 is 18.9. The number of esters is 4. The molecule has 0 radical (unpaired) electrons. The molecule has 1 atom stereocenters. The van der Waals surface area contributed by atoms with Gasteiger partial charge in [-0.25, -0.2) is 9.59 Å². The maximum Gasteiger partial charge on any atom is 0.333 e. The van der Waals surface area contributed by atoms with Crippen LogP contribution in [0.2, 0.25) is 0 Å². The van der Waals surface area contributed by atoms with Crippen molar-refractivity contribution in [1.29, 1.82) is 0 Å². The van der Waals surface area contributed by atoms with Crippen LogP contribution in [0.3, 0.4) is 0 Å². The van der Waals surface area contributed by atoms with Crippen molar-refractivity contribution in [2.24, 2.45) is 0 Å². The van der Waals surface area contributed by atoms with Crippen molar-refractivity contribution in [1.82, 2.24) is 0 Å². The van der Waals surface area contributed by atoms with Crippen LogP contribution >= 0.6 is 0 Å². The Kier molecular flexibility index (Phi) is 11.3. The van der Waals surface area contributed by atoms with E-state index in [-0.39, 0.29) is 37.4 Å². The van der Waals surface area contributed by atoms with Crippen molar-refractivity contribution < 1.29 is 43.2 Å². The average molecular weight is 372 g/mol. The van der Waals surface area contributed by atoms with Crippen molar-refractivity contribution in [3.63, 3.8) is 0 Å². The molecule has 9 heteroatoms. The lowest BCUT2D eigenvalue weighted by Gasteiger charge is -2.12. The van der Waals surface area contributed by atoms with Gasteiger partial charge in [0.2, 0.25) is 0 Å². The first kappa shape index (κ1) is 23.3. The predicted molar refractivity (Wildman–Crippen MR) is 88.7 cm³/mol. The first-order valence-corrected chi connectivity index (χ1v) is 7.78. The van der Waals surface area contributed by atoms with E-state index in [1.165, 1.54) is 13.8 Å². The number of hydrogen-bond acceptors (Lipinski definition) is 9. The molecule has 26 heavy (non-hydrogen) atoms. The summed E-state index contributed by atoms with van der Waals surface area (Å²) in [5, 5.41) is 9.50. The molecule has 0 aromatic heterocycles. The lowest BCUT2D eigenvalue weighted by molar-refractivity contribution is -0.157. The van der Waals surface area contributed by atoms with E-state index in [1.54, 1.807) is 0 Å². The van der Waals surface area contributed by atoms with Crippen LogP contribution < -0.4 is 0 Å². The molecule has 0 aromatic rings. The van der Waals surface area contributed by atoms with Crippen molar-refractivity contribution >= 4 is 23.9 Å². The third-order valence-corrected chi connectivity index (χ3v) is 2.61. The molecule has 0 bridgehead atoms. The summed E-state index contributed by atoms with van der Waals surface area (Å²) in [6.45, 7) is 8.96. The van der Waals surface area contributed by atoms with Crippen molar-refractivity contribution in [2.45, 2.75) is 32.8 Å². The molecule has 0 heterocycles. The third kappa shape index (κ3) is 11.8. The summed E-state index contributed by atoms with van der Waals surface area (Å²) in [6, 6.07) is 0. The second-order valence-corrected chi connectivity index (χ2v) is 5.38. The van der Waals surface area contributed by atoms with Crippen LogP contribution in [-0.2, 0) is 38.1 Å². The number of carbonyl (C=O) groups is 4. The van der Waals surface area contributed by atoms with E-state index in [0.717, 1.165) is 0 Å². The van der Waals surface area contributed by atoms with E-state index in [2.05, 4.69) is 22.6 Å². The van der Waals surface area contributed by atoms with Gasteiger partial charge in [-0.1, -0.05) is 13.2 Å². The molecule has 0 rings (SSSR count). The van der Waals surface area contributed by atoms with Crippen LogP contribution in [0.1, 0.15) is 26.7 Å². The second-order valence-electron chi connectivity index (χ2n) is 5.38. The van der Waals surface area contributed by atoms with Gasteiger partial charge in [0.1, 0.15) is 25.7 Å². The third-order valence-electron chi connectivity index (χ3n) is 2.61. The van der Waals surface area contributed by atoms with Crippen molar-refractivity contribution in [3.8, 4) is 0 Å². The molecule has 1 N–H and O–H groups in total. The van der Waals surface area contributed by atoms with Gasteiger partial charge in [0.05, 0.1) is 13.2 Å². The van der Waals surface area contributed by atoms with Crippen LogP contribution in [-0.4, -0.2) is 61.5 Å². The fraction of sp³-hybridized carbons (Fsp3) is 0.529. The molecule has 0 aliphatic heterocycles. The highest BCUT2D eigenvalue weighted by Gasteiger charge is 2.15. The molecule has 0 spiro atoms. The first-order valence-electron chi connectivity index (χ1n) is 7.78. The summed E-state index contributed by atoms with van der Waals surface area (Å²) in [4.78, 5) is 45.0. The Balaban J connectivity index is 3.80. The molecule has 0 amide bonds. The minimum atomic E-state index is -1.22. The smallest absolute Gasteiger partial charge is 0.333 e. The predicted octanol–water partition coefficient (Wildman–Crippen LogP) is 0.452. The monoisotopic (exact) mass is 372 g/mol. The quantitative estimate of drug-likeness (QED) is 0.171. The Hall–Kier alpha value is -2.68. The molecular weight excluding hydrogens is 348 g/mol. The van der Waals surface area contributed by atoms with E-state index in [1.807, 2.05) is 0 Å². The average Bonchev–Trinajstić information content (AvgIpc) is 2.56. The molecular formula is C17H24O9. The number of rotatable bonds is 12. The largest absolute Gasteiger partial charge is 0.465 e. The highest BCUT2D eigenvalue weighted by Crippen LogP contribution is 1.98. The Morgan fingerprint density at radius 1 is 0.808 bits per heavy atom. The van der Waals surface area contributed by atoms with E-state index in [9.17, 15) is 24.3 Å². The van der Waals surface area contributed by atoms with Gasteiger partial charge < -0.3 is 24.1 Å². The Labute approximate surface area is 151 Å². The summed E-state index contributed by atoms with van der Waals surface area (Å²) in [6.07, 6.45) is -1.59. The van der Waals surface area contributed by atoms with Gasteiger partial charge in [-0.05, 0) is 13.8 Å². The van der Waals surface area contributed by atoms with E-state index < -0.39 is 43.0 Å². The minimum absolute atomic E-state index is 0.0327. The van der Waals surface area contributed by atoms with Crippen molar-refractivity contribution in [3.05, 3.63) is 24.3 Å². The van der Waals surface area contributed by atoms with Crippen molar-refractivity contribution in [2.75, 3.05) is 26.4 Å². The number of carbonyl (C=O) groups excluding carboxylic acids is 4. The molecule has 0 aromatic carbocycles. The van der Waals surface area contributed by atoms with E-state index in [4.69, 9.17) is 9.47 Å². The standard InChI is InChI=1S/C17H24O9/c1-11(2)16(21)24-7-5-6-23-14(19)8-15(20)25-9-13(18)10-26-17(22)12(3)4/h13,18H,1,3,5-10H2,2,4H3. The summed E-state index contributed by atoms with van der Waals surface area (Å²) in [5.41, 5.74) is 0.438. The maximum atomic E-state index is 11.4. The van der Waals surface area contributed by atoms with Gasteiger partial charge in [-0.3, -0.25) is 9.59 Å². The summed E-state index contributed by atoms with van der Waals surface area (Å²) in [7, 11) is 0. The van der Waals surface area contributed by atoms with Crippen LogP contribution in [0.5, 0.6) is 0 Å². The zero-order valence-corrected chi connectivity index (χ0v) is 14.9. The van der Waals surface area contributed by atoms with Crippen LogP contribution in [0.25, 0.3) is 0 Å². The van der Waals surface area contributed by atoms with Crippen LogP contribution in [0.4, 0.5) is 0 Å². The molecule has 0 saturated heterocycles. The maximum absolute atomic E-state index is 11.4. The number of aliphatic hydroxyl groups excluding tert-OH is 1. The molecule has 9 nitrogen and oxygen atoms in total. The fourth-order valence-electron chi connectivity index (χ4n) is 1.29. The minimum Gasteiger partial charge on any atom is -0.465 e. The lowest BCUT2D eigenvalue weighted by Crippen LogP contribution is -2.26. The molecule has 0 saturated carbocycles. The van der Waals surface area contributed by atoms with Gasteiger partial charge >= 0.3 is 23.9 Å². The number of aliphatic hydroxyl groups is 1. The molecule has 0 fully saturated rings. The SMILES string of the molecule is C=C(C)C(=O)OCCCOC(=O)CC(=O)OCC(O)COC(=O)C(=C)C. The fourth-order valence-corrected chi connectivity index (χ4v) is 1.29. The molecule has 146 valence electrons. The topological polar surface area (TPSA) is 125 Å². The van der Waals surface area contributed by atoms with E-state index >= 15 is 0 Å². The normalized spacial score (nSPS) is 11.0. The van der Waals surface area contributed by atoms with Crippen LogP contribution in [0, 0.1) is 0 Å². The summed E-state index contributed by atoms with van der Waals surface area (Å²) in [5.74, 6) is -2.92. The molecule has 0 aliphatic rings. The molecule has 1 unspecified atom stereocenters.